The third kappa shape index (κ3) is 4.74. The highest BCUT2D eigenvalue weighted by atomic mass is 79.9. The number of benzene rings is 3. The Morgan fingerprint density at radius 3 is 2.50 bits per heavy atom. The van der Waals surface area contributed by atoms with Crippen molar-refractivity contribution in [2.24, 2.45) is 0 Å². The number of barbiturate groups is 1. The zero-order chi connectivity index (χ0) is 22.7. The molecule has 0 atom stereocenters. The summed E-state index contributed by atoms with van der Waals surface area (Å²) in [5, 5.41) is 2.82. The van der Waals surface area contributed by atoms with Gasteiger partial charge < -0.3 is 4.74 Å². The molecule has 1 saturated heterocycles. The van der Waals surface area contributed by atoms with E-state index < -0.39 is 17.8 Å². The van der Waals surface area contributed by atoms with Crippen molar-refractivity contribution in [3.63, 3.8) is 0 Å². The van der Waals surface area contributed by atoms with Gasteiger partial charge in [0, 0.05) is 15.1 Å². The molecule has 0 spiro atoms. The van der Waals surface area contributed by atoms with Crippen LogP contribution in [0.2, 0.25) is 5.02 Å². The molecule has 6 nitrogen and oxygen atoms in total. The average molecular weight is 512 g/mol. The number of carbonyl (C=O) groups is 3. The number of ether oxygens (including phenoxy) is 1. The lowest BCUT2D eigenvalue weighted by Crippen LogP contribution is -2.54. The number of nitrogens with zero attached hydrogens (tertiary/aromatic N) is 1. The van der Waals surface area contributed by atoms with E-state index in [1.54, 1.807) is 60.7 Å². The van der Waals surface area contributed by atoms with E-state index in [9.17, 15) is 14.4 Å². The van der Waals surface area contributed by atoms with E-state index in [-0.39, 0.29) is 12.2 Å². The van der Waals surface area contributed by atoms with Crippen LogP contribution < -0.4 is 15.0 Å². The van der Waals surface area contributed by atoms with E-state index in [0.717, 1.165) is 14.9 Å². The van der Waals surface area contributed by atoms with Crippen LogP contribution in [0.1, 0.15) is 11.1 Å². The lowest BCUT2D eigenvalue weighted by Gasteiger charge is -2.26. The molecule has 0 saturated carbocycles. The van der Waals surface area contributed by atoms with Gasteiger partial charge in [-0.05, 0) is 54.1 Å². The van der Waals surface area contributed by atoms with Crippen molar-refractivity contribution in [3.8, 4) is 5.75 Å². The molecular formula is C24H16BrClN2O4. The molecule has 1 heterocycles. The Morgan fingerprint density at radius 1 is 0.969 bits per heavy atom. The highest BCUT2D eigenvalue weighted by Crippen LogP contribution is 2.29. The summed E-state index contributed by atoms with van der Waals surface area (Å²) >= 11 is 9.43. The Morgan fingerprint density at radius 2 is 1.75 bits per heavy atom. The highest BCUT2D eigenvalue weighted by molar-refractivity contribution is 9.10. The quantitative estimate of drug-likeness (QED) is 0.370. The van der Waals surface area contributed by atoms with Crippen LogP contribution in [0.25, 0.3) is 6.08 Å². The maximum atomic E-state index is 13.1. The molecule has 0 bridgehead atoms. The summed E-state index contributed by atoms with van der Waals surface area (Å²) in [6.07, 6.45) is 1.41. The van der Waals surface area contributed by atoms with Gasteiger partial charge in [-0.15, -0.1) is 0 Å². The van der Waals surface area contributed by atoms with E-state index in [2.05, 4.69) is 21.2 Å². The molecule has 1 fully saturated rings. The molecule has 8 heteroatoms. The molecule has 1 aliphatic heterocycles. The Bertz CT molecular complexity index is 1240. The number of para-hydroxylation sites is 1. The zero-order valence-electron chi connectivity index (χ0n) is 16.5. The molecule has 160 valence electrons. The SMILES string of the molecule is O=C1NC(=O)N(c2ccccc2)C(=O)/C1=C/c1cc(Br)ccc1OCc1cccc(Cl)c1. The van der Waals surface area contributed by atoms with Gasteiger partial charge in [0.15, 0.2) is 0 Å². The average Bonchev–Trinajstić information content (AvgIpc) is 2.77. The third-order valence-electron chi connectivity index (χ3n) is 4.67. The monoisotopic (exact) mass is 510 g/mol. The smallest absolute Gasteiger partial charge is 0.335 e. The van der Waals surface area contributed by atoms with Crippen molar-refractivity contribution in [1.82, 2.24) is 5.32 Å². The highest BCUT2D eigenvalue weighted by Gasteiger charge is 2.36. The van der Waals surface area contributed by atoms with Crippen LogP contribution in [-0.4, -0.2) is 17.8 Å². The Hall–Kier alpha value is -3.42. The largest absolute Gasteiger partial charge is 0.488 e. The number of halogens is 2. The number of carbonyl (C=O) groups excluding carboxylic acids is 3. The molecule has 1 aliphatic rings. The maximum Gasteiger partial charge on any atom is 0.335 e. The Labute approximate surface area is 197 Å². The van der Waals surface area contributed by atoms with Crippen LogP contribution in [0.15, 0.2) is 82.8 Å². The van der Waals surface area contributed by atoms with Crippen LogP contribution in [0.5, 0.6) is 5.75 Å². The number of rotatable bonds is 5. The van der Waals surface area contributed by atoms with Gasteiger partial charge in [-0.25, -0.2) is 9.69 Å². The first kappa shape index (κ1) is 21.8. The minimum absolute atomic E-state index is 0.181. The topological polar surface area (TPSA) is 75.7 Å². The van der Waals surface area contributed by atoms with Crippen molar-refractivity contribution >= 4 is 57.1 Å². The van der Waals surface area contributed by atoms with Gasteiger partial charge in [-0.2, -0.15) is 0 Å². The van der Waals surface area contributed by atoms with E-state index in [1.807, 2.05) is 12.1 Å². The molecule has 1 N–H and O–H groups in total. The first-order valence-corrected chi connectivity index (χ1v) is 10.7. The normalized spacial score (nSPS) is 15.1. The summed E-state index contributed by atoms with van der Waals surface area (Å²) in [6.45, 7) is 0.243. The number of nitrogens with one attached hydrogen (secondary N) is 1. The van der Waals surface area contributed by atoms with Gasteiger partial charge in [0.05, 0.1) is 5.69 Å². The molecule has 32 heavy (non-hydrogen) atoms. The lowest BCUT2D eigenvalue weighted by atomic mass is 10.1. The predicted molar refractivity (Wildman–Crippen MR) is 125 cm³/mol. The minimum Gasteiger partial charge on any atom is -0.488 e. The predicted octanol–water partition coefficient (Wildman–Crippen LogP) is 5.35. The lowest BCUT2D eigenvalue weighted by molar-refractivity contribution is -0.122. The molecule has 0 unspecified atom stereocenters. The summed E-state index contributed by atoms with van der Waals surface area (Å²) in [5.74, 6) is -1.02. The molecule has 3 aromatic carbocycles. The van der Waals surface area contributed by atoms with Gasteiger partial charge in [-0.1, -0.05) is 57.9 Å². The second-order valence-corrected chi connectivity index (χ2v) is 8.25. The molecule has 0 aromatic heterocycles. The van der Waals surface area contributed by atoms with Crippen LogP contribution >= 0.6 is 27.5 Å². The Balaban J connectivity index is 1.67. The van der Waals surface area contributed by atoms with Crippen molar-refractivity contribution in [2.45, 2.75) is 6.61 Å². The van der Waals surface area contributed by atoms with Crippen molar-refractivity contribution in [2.75, 3.05) is 4.90 Å². The number of imide groups is 2. The number of hydrogen-bond acceptors (Lipinski definition) is 4. The van der Waals surface area contributed by atoms with Gasteiger partial charge in [-0.3, -0.25) is 14.9 Å². The molecule has 4 rings (SSSR count). The van der Waals surface area contributed by atoms with E-state index >= 15 is 0 Å². The van der Waals surface area contributed by atoms with Gasteiger partial charge in [0.25, 0.3) is 11.8 Å². The Kier molecular flexibility index (Phi) is 6.39. The van der Waals surface area contributed by atoms with Gasteiger partial charge >= 0.3 is 6.03 Å². The minimum atomic E-state index is -0.796. The van der Waals surface area contributed by atoms with Crippen LogP contribution in [-0.2, 0) is 16.2 Å². The standard InChI is InChI=1S/C24H16BrClN2O4/c25-17-9-10-21(32-14-15-5-4-6-18(26)11-15)16(12-17)13-20-22(29)27-24(31)28(23(20)30)19-7-2-1-3-8-19/h1-13H,14H2,(H,27,29,31)/b20-13+. The van der Waals surface area contributed by atoms with Crippen molar-refractivity contribution in [3.05, 3.63) is 99.0 Å². The fourth-order valence-electron chi connectivity index (χ4n) is 3.18. The number of amides is 4. The fourth-order valence-corrected chi connectivity index (χ4v) is 3.77. The van der Waals surface area contributed by atoms with Gasteiger partial charge in [0.2, 0.25) is 0 Å². The van der Waals surface area contributed by atoms with Crippen LogP contribution in [0, 0.1) is 0 Å². The van der Waals surface area contributed by atoms with Gasteiger partial charge in [0.1, 0.15) is 17.9 Å². The number of anilines is 1. The van der Waals surface area contributed by atoms with Crippen LogP contribution in [0.3, 0.4) is 0 Å². The summed E-state index contributed by atoms with van der Waals surface area (Å²) in [5.41, 5.74) is 1.55. The first-order valence-electron chi connectivity index (χ1n) is 9.55. The molecular weight excluding hydrogens is 496 g/mol. The molecule has 3 aromatic rings. The number of hydrogen-bond donors (Lipinski definition) is 1. The molecule has 4 amide bonds. The van der Waals surface area contributed by atoms with Crippen LogP contribution in [0.4, 0.5) is 10.5 Å². The number of urea groups is 1. The molecule has 0 radical (unpaired) electrons. The second kappa shape index (κ2) is 9.38. The van der Waals surface area contributed by atoms with Crippen molar-refractivity contribution < 1.29 is 19.1 Å². The van der Waals surface area contributed by atoms with E-state index in [4.69, 9.17) is 16.3 Å². The summed E-state index contributed by atoms with van der Waals surface area (Å²) < 4.78 is 6.67. The van der Waals surface area contributed by atoms with Crippen molar-refractivity contribution in [1.29, 1.82) is 0 Å². The second-order valence-electron chi connectivity index (χ2n) is 6.89. The summed E-state index contributed by atoms with van der Waals surface area (Å²) in [6, 6.07) is 20.1. The van der Waals surface area contributed by atoms with E-state index in [0.29, 0.717) is 22.0 Å². The first-order chi connectivity index (χ1) is 15.4. The summed E-state index contributed by atoms with van der Waals surface area (Å²) in [7, 11) is 0. The third-order valence-corrected chi connectivity index (χ3v) is 5.40. The van der Waals surface area contributed by atoms with E-state index in [1.165, 1.54) is 6.08 Å². The maximum absolute atomic E-state index is 13.1. The molecule has 0 aliphatic carbocycles. The zero-order valence-corrected chi connectivity index (χ0v) is 18.9. The fraction of sp³-hybridized carbons (Fsp3) is 0.0417. The summed E-state index contributed by atoms with van der Waals surface area (Å²) in [4.78, 5) is 38.8.